The predicted molar refractivity (Wildman–Crippen MR) is 104 cm³/mol. The first-order valence-corrected chi connectivity index (χ1v) is 9.96. The van der Waals surface area contributed by atoms with E-state index in [1.165, 1.54) is 4.88 Å². The van der Waals surface area contributed by atoms with Crippen molar-refractivity contribution in [1.82, 2.24) is 10.2 Å². The summed E-state index contributed by atoms with van der Waals surface area (Å²) < 4.78 is 10.9. The van der Waals surface area contributed by atoms with Crippen LogP contribution >= 0.6 is 11.3 Å². The molecule has 26 heavy (non-hydrogen) atoms. The number of nitrogens with zero attached hydrogens (tertiary/aromatic N) is 1. The Morgan fingerprint density at radius 3 is 2.62 bits per heavy atom. The van der Waals surface area contributed by atoms with Gasteiger partial charge in [-0.05, 0) is 49.6 Å². The van der Waals surface area contributed by atoms with Gasteiger partial charge in [-0.2, -0.15) is 0 Å². The molecule has 2 atom stereocenters. The van der Waals surface area contributed by atoms with Crippen LogP contribution in [0.2, 0.25) is 0 Å². The molecule has 1 aromatic heterocycles. The van der Waals surface area contributed by atoms with Gasteiger partial charge in [-0.3, -0.25) is 9.69 Å². The van der Waals surface area contributed by atoms with Crippen molar-refractivity contribution in [1.29, 1.82) is 0 Å². The molecule has 1 aliphatic heterocycles. The molecule has 1 aromatic carbocycles. The number of rotatable bonds is 7. The number of amides is 1. The largest absolute Gasteiger partial charge is 0.494 e. The summed E-state index contributed by atoms with van der Waals surface area (Å²) in [5.41, 5.74) is 0.646. The van der Waals surface area contributed by atoms with Crippen LogP contribution in [0.25, 0.3) is 0 Å². The lowest BCUT2D eigenvalue weighted by molar-refractivity contribution is 0.00969. The molecule has 0 bridgehead atoms. The number of carbonyl (C=O) groups excluding carboxylic acids is 1. The number of thiophene rings is 1. The second-order valence-corrected chi connectivity index (χ2v) is 7.31. The number of ether oxygens (including phenoxy) is 2. The Labute approximate surface area is 158 Å². The molecule has 1 fully saturated rings. The van der Waals surface area contributed by atoms with Gasteiger partial charge >= 0.3 is 0 Å². The molecule has 5 nitrogen and oxygen atoms in total. The van der Waals surface area contributed by atoms with E-state index in [0.717, 1.165) is 32.1 Å². The first-order chi connectivity index (χ1) is 12.7. The van der Waals surface area contributed by atoms with Gasteiger partial charge in [0.15, 0.2) is 0 Å². The fraction of sp³-hybridized carbons (Fsp3) is 0.450. The van der Waals surface area contributed by atoms with Crippen LogP contribution in [-0.4, -0.2) is 49.8 Å². The lowest BCUT2D eigenvalue weighted by Crippen LogP contribution is -2.48. The number of nitrogens with one attached hydrogen (secondary N) is 1. The topological polar surface area (TPSA) is 50.8 Å². The smallest absolute Gasteiger partial charge is 0.251 e. The molecule has 0 aliphatic carbocycles. The van der Waals surface area contributed by atoms with Gasteiger partial charge in [-0.1, -0.05) is 6.07 Å². The third-order valence-electron chi connectivity index (χ3n) is 4.53. The molecule has 0 saturated carbocycles. The van der Waals surface area contributed by atoms with Crippen LogP contribution in [0.4, 0.5) is 0 Å². The highest BCUT2D eigenvalue weighted by atomic mass is 32.1. The van der Waals surface area contributed by atoms with Gasteiger partial charge in [0.2, 0.25) is 0 Å². The van der Waals surface area contributed by atoms with Gasteiger partial charge in [-0.25, -0.2) is 0 Å². The van der Waals surface area contributed by atoms with Crippen molar-refractivity contribution < 1.29 is 14.3 Å². The highest BCUT2D eigenvalue weighted by Gasteiger charge is 2.29. The third kappa shape index (κ3) is 4.63. The zero-order valence-electron chi connectivity index (χ0n) is 15.3. The zero-order valence-corrected chi connectivity index (χ0v) is 16.1. The molecular formula is C20H26N2O3S. The monoisotopic (exact) mass is 374 g/mol. The van der Waals surface area contributed by atoms with Gasteiger partial charge in [0.1, 0.15) is 5.75 Å². The van der Waals surface area contributed by atoms with Crippen LogP contribution in [0, 0.1) is 0 Å². The summed E-state index contributed by atoms with van der Waals surface area (Å²) in [7, 11) is 0. The molecule has 6 heteroatoms. The van der Waals surface area contributed by atoms with E-state index in [2.05, 4.69) is 34.7 Å². The molecule has 140 valence electrons. The maximum atomic E-state index is 12.7. The number of benzene rings is 1. The molecule has 2 aromatic rings. The first-order valence-electron chi connectivity index (χ1n) is 9.08. The van der Waals surface area contributed by atoms with E-state index in [1.54, 1.807) is 11.3 Å². The lowest BCUT2D eigenvalue weighted by atomic mass is 10.0. The summed E-state index contributed by atoms with van der Waals surface area (Å²) in [5, 5.41) is 5.26. The Morgan fingerprint density at radius 1 is 1.27 bits per heavy atom. The van der Waals surface area contributed by atoms with Crippen LogP contribution < -0.4 is 10.1 Å². The molecule has 0 unspecified atom stereocenters. The van der Waals surface area contributed by atoms with E-state index in [4.69, 9.17) is 9.47 Å². The summed E-state index contributed by atoms with van der Waals surface area (Å²) in [6.45, 7) is 7.87. The molecule has 1 N–H and O–H groups in total. The fourth-order valence-corrected chi connectivity index (χ4v) is 4.26. The first kappa shape index (κ1) is 18.9. The minimum atomic E-state index is -0.0598. The average Bonchev–Trinajstić information content (AvgIpc) is 3.18. The van der Waals surface area contributed by atoms with Gasteiger partial charge in [0.05, 0.1) is 25.9 Å². The summed E-state index contributed by atoms with van der Waals surface area (Å²) >= 11 is 1.73. The quantitative estimate of drug-likeness (QED) is 0.808. The Morgan fingerprint density at radius 2 is 2.00 bits per heavy atom. The normalized spacial score (nSPS) is 17.5. The van der Waals surface area contributed by atoms with Crippen LogP contribution in [-0.2, 0) is 4.74 Å². The minimum Gasteiger partial charge on any atom is -0.494 e. The molecule has 2 heterocycles. The number of carbonyl (C=O) groups is 1. The standard InChI is InChI=1S/C20H26N2O3S/c1-3-25-17-8-6-16(7-9-17)20(23)21-15(2)19(18-5-4-14-26-18)22-10-12-24-13-11-22/h4-9,14-15,19H,3,10-13H2,1-2H3,(H,21,23)/t15-,19-/m1/s1. The summed E-state index contributed by atoms with van der Waals surface area (Å²) in [6, 6.07) is 11.6. The molecule has 0 spiro atoms. The Balaban J connectivity index is 1.70. The zero-order chi connectivity index (χ0) is 18.4. The summed E-state index contributed by atoms with van der Waals surface area (Å²) in [4.78, 5) is 16.4. The van der Waals surface area contributed by atoms with Gasteiger partial charge in [0.25, 0.3) is 5.91 Å². The highest BCUT2D eigenvalue weighted by Crippen LogP contribution is 2.29. The van der Waals surface area contributed by atoms with Crippen LogP contribution in [0.5, 0.6) is 5.75 Å². The van der Waals surface area contributed by atoms with Crippen molar-refractivity contribution in [2.24, 2.45) is 0 Å². The van der Waals surface area contributed by atoms with Crippen molar-refractivity contribution in [3.05, 3.63) is 52.2 Å². The van der Waals surface area contributed by atoms with E-state index < -0.39 is 0 Å². The number of hydrogen-bond acceptors (Lipinski definition) is 5. The second-order valence-electron chi connectivity index (χ2n) is 6.33. The number of morpholine rings is 1. The molecule has 3 rings (SSSR count). The molecular weight excluding hydrogens is 348 g/mol. The Hall–Kier alpha value is -1.89. The maximum Gasteiger partial charge on any atom is 0.251 e. The van der Waals surface area contributed by atoms with Gasteiger partial charge in [0, 0.05) is 29.6 Å². The van der Waals surface area contributed by atoms with Crippen LogP contribution in [0.3, 0.4) is 0 Å². The summed E-state index contributed by atoms with van der Waals surface area (Å²) in [5.74, 6) is 0.720. The molecule has 1 aliphatic rings. The van der Waals surface area contributed by atoms with E-state index in [-0.39, 0.29) is 18.0 Å². The van der Waals surface area contributed by atoms with Gasteiger partial charge in [-0.15, -0.1) is 11.3 Å². The Bertz CT molecular complexity index is 682. The van der Waals surface area contributed by atoms with Crippen LogP contribution in [0.1, 0.15) is 35.1 Å². The minimum absolute atomic E-state index is 0.00850. The van der Waals surface area contributed by atoms with Crippen molar-refractivity contribution in [3.8, 4) is 5.75 Å². The fourth-order valence-electron chi connectivity index (χ4n) is 3.30. The lowest BCUT2D eigenvalue weighted by Gasteiger charge is -2.37. The third-order valence-corrected chi connectivity index (χ3v) is 5.48. The van der Waals surface area contributed by atoms with Crippen molar-refractivity contribution in [2.75, 3.05) is 32.9 Å². The van der Waals surface area contributed by atoms with E-state index in [9.17, 15) is 4.79 Å². The summed E-state index contributed by atoms with van der Waals surface area (Å²) in [6.07, 6.45) is 0. The highest BCUT2D eigenvalue weighted by molar-refractivity contribution is 7.10. The molecule has 1 saturated heterocycles. The van der Waals surface area contributed by atoms with E-state index in [1.807, 2.05) is 31.2 Å². The van der Waals surface area contributed by atoms with E-state index in [0.29, 0.717) is 12.2 Å². The molecule has 1 amide bonds. The van der Waals surface area contributed by atoms with Crippen molar-refractivity contribution >= 4 is 17.2 Å². The maximum absolute atomic E-state index is 12.7. The van der Waals surface area contributed by atoms with E-state index >= 15 is 0 Å². The second kappa shape index (κ2) is 9.16. The molecule has 0 radical (unpaired) electrons. The average molecular weight is 375 g/mol. The van der Waals surface area contributed by atoms with Crippen molar-refractivity contribution in [2.45, 2.75) is 25.9 Å². The van der Waals surface area contributed by atoms with Gasteiger partial charge < -0.3 is 14.8 Å². The van der Waals surface area contributed by atoms with Crippen molar-refractivity contribution in [3.63, 3.8) is 0 Å². The SMILES string of the molecule is CCOc1ccc(C(=O)N[C@H](C)[C@H](c2cccs2)N2CCOCC2)cc1. The predicted octanol–water partition coefficient (Wildman–Crippen LogP) is 3.34. The number of hydrogen-bond donors (Lipinski definition) is 1. The van der Waals surface area contributed by atoms with Crippen LogP contribution in [0.15, 0.2) is 41.8 Å². The Kier molecular flexibility index (Phi) is 6.66.